The highest BCUT2D eigenvalue weighted by Gasteiger charge is 2.54. The first-order chi connectivity index (χ1) is 22.3. The van der Waals surface area contributed by atoms with Gasteiger partial charge in [0.05, 0.1) is 5.52 Å². The van der Waals surface area contributed by atoms with Crippen molar-refractivity contribution in [2.45, 2.75) is 50.2 Å². The third-order valence-electron chi connectivity index (χ3n) is 8.48. The van der Waals surface area contributed by atoms with Crippen LogP contribution in [0.3, 0.4) is 0 Å². The van der Waals surface area contributed by atoms with Gasteiger partial charge in [-0.05, 0) is 55.2 Å². The zero-order chi connectivity index (χ0) is 33.7. The van der Waals surface area contributed by atoms with Gasteiger partial charge in [0.15, 0.2) is 0 Å². The predicted molar refractivity (Wildman–Crippen MR) is 171 cm³/mol. The molecule has 13 nitrogen and oxygen atoms in total. The summed E-state index contributed by atoms with van der Waals surface area (Å²) in [4.78, 5) is 78.8. The molecule has 1 saturated heterocycles. The van der Waals surface area contributed by atoms with Crippen LogP contribution in [0.1, 0.15) is 53.8 Å². The van der Waals surface area contributed by atoms with Gasteiger partial charge in [0.25, 0.3) is 11.8 Å². The van der Waals surface area contributed by atoms with Gasteiger partial charge in [-0.1, -0.05) is 23.7 Å². The van der Waals surface area contributed by atoms with Crippen molar-refractivity contribution in [3.8, 4) is 5.75 Å². The molecular weight excluding hydrogens is 652 g/mol. The third kappa shape index (κ3) is 5.82. The number of phenols is 1. The smallest absolute Gasteiger partial charge is 0.352 e. The maximum absolute atomic E-state index is 13.8. The summed E-state index contributed by atoms with van der Waals surface area (Å²) in [7, 11) is 0. The maximum Gasteiger partial charge on any atom is 0.352 e. The number of esters is 1. The molecule has 4 heterocycles. The summed E-state index contributed by atoms with van der Waals surface area (Å²) in [5.41, 5.74) is 1.02. The summed E-state index contributed by atoms with van der Waals surface area (Å²) in [6.45, 7) is 2.86. The molecule has 4 N–H and O–H groups in total. The summed E-state index contributed by atoms with van der Waals surface area (Å²) in [5.74, 6) is -4.28. The fourth-order valence-electron chi connectivity index (χ4n) is 6.14. The Bertz CT molecular complexity index is 1960. The number of aliphatic carboxylic acids is 1. The van der Waals surface area contributed by atoms with Crippen molar-refractivity contribution < 1.29 is 38.9 Å². The summed E-state index contributed by atoms with van der Waals surface area (Å²) in [6.07, 6.45) is 2.97. The number of aromatic nitrogens is 1. The van der Waals surface area contributed by atoms with Crippen molar-refractivity contribution in [2.24, 2.45) is 0 Å². The lowest BCUT2D eigenvalue weighted by Gasteiger charge is -2.49. The molecule has 3 aromatic rings. The predicted octanol–water partition coefficient (Wildman–Crippen LogP) is 2.64. The number of carbonyl (C=O) groups excluding carboxylic acids is 4. The Morgan fingerprint density at radius 1 is 1.15 bits per heavy atom. The molecule has 0 saturated carbocycles. The number of phenolic OH excluding ortho intramolecular Hbond substituents is 1. The van der Waals surface area contributed by atoms with Gasteiger partial charge in [0.1, 0.15) is 41.1 Å². The van der Waals surface area contributed by atoms with E-state index in [9.17, 15) is 39.0 Å². The van der Waals surface area contributed by atoms with Crippen LogP contribution in [0.4, 0.5) is 0 Å². The molecule has 15 heteroatoms. The monoisotopic (exact) mass is 680 g/mol. The number of halogens is 1. The molecular formula is C32H29ClN4O9S. The van der Waals surface area contributed by atoms with Crippen LogP contribution in [-0.2, 0) is 30.3 Å². The topological polar surface area (TPSA) is 184 Å². The Kier molecular flexibility index (Phi) is 8.49. The largest absolute Gasteiger partial charge is 0.508 e. The minimum atomic E-state index is -1.41. The molecule has 3 aliphatic heterocycles. The highest BCUT2D eigenvalue weighted by molar-refractivity contribution is 8.00. The molecule has 0 radical (unpaired) electrons. The highest BCUT2D eigenvalue weighted by atomic mass is 35.5. The summed E-state index contributed by atoms with van der Waals surface area (Å²) < 4.78 is 6.82. The summed E-state index contributed by atoms with van der Waals surface area (Å²) >= 11 is 7.50. The average molecular weight is 681 g/mol. The lowest BCUT2D eigenvalue weighted by Crippen LogP contribution is -2.71. The number of carbonyl (C=O) groups is 5. The average Bonchev–Trinajstić information content (AvgIpc) is 3.03. The zero-order valence-corrected chi connectivity index (χ0v) is 26.7. The Hall–Kier alpha value is -4.82. The third-order valence-corrected chi connectivity index (χ3v) is 10.0. The molecule has 2 aromatic carbocycles. The number of hydrogen-bond acceptors (Lipinski definition) is 9. The number of aryl methyl sites for hydroxylation is 1. The molecule has 1 fully saturated rings. The van der Waals surface area contributed by atoms with E-state index in [0.717, 1.165) is 23.3 Å². The Morgan fingerprint density at radius 2 is 1.87 bits per heavy atom. The number of carboxylic acids is 1. The molecule has 3 aliphatic rings. The normalized spacial score (nSPS) is 20.6. The first-order valence-electron chi connectivity index (χ1n) is 14.7. The Morgan fingerprint density at radius 3 is 2.55 bits per heavy atom. The van der Waals surface area contributed by atoms with Crippen molar-refractivity contribution in [2.75, 3.05) is 12.4 Å². The van der Waals surface area contributed by atoms with Crippen LogP contribution in [0, 0.1) is 0 Å². The standard InChI is InChI=1S/C32H29ClN4O9S/c1-14-3-4-17-9-19(33)10-21-25(17)36(14)11-22(27(21)40)28(41)34-23(16-5-7-20(39)8-6-16)29(42)35-24-30(43)37-26(32(44)45)18(12-46-15(2)38)13-47-31(24)37/h5-11,14,23-24,31,39H,3-4,12-13H2,1-2H3,(H,34,41)(H,35,42)(H,44,45). The second-order valence-electron chi connectivity index (χ2n) is 11.6. The number of fused-ring (bicyclic) bond motifs is 1. The Labute approximate surface area is 276 Å². The molecule has 0 spiro atoms. The van der Waals surface area contributed by atoms with Crippen molar-refractivity contribution in [3.05, 3.63) is 85.8 Å². The second-order valence-corrected chi connectivity index (χ2v) is 13.1. The van der Waals surface area contributed by atoms with E-state index in [-0.39, 0.29) is 51.9 Å². The second kappa shape index (κ2) is 12.4. The van der Waals surface area contributed by atoms with Crippen molar-refractivity contribution in [1.29, 1.82) is 0 Å². The van der Waals surface area contributed by atoms with E-state index < -0.39 is 52.5 Å². The minimum Gasteiger partial charge on any atom is -0.508 e. The number of carboxylic acid groups (broad SMARTS) is 1. The molecule has 1 aromatic heterocycles. The number of β-lactam (4-membered cyclic amide) rings is 1. The highest BCUT2D eigenvalue weighted by Crippen LogP contribution is 2.40. The number of nitrogens with one attached hydrogen (secondary N) is 2. The van der Waals surface area contributed by atoms with E-state index in [1.807, 2.05) is 11.5 Å². The first-order valence-corrected chi connectivity index (χ1v) is 16.1. The van der Waals surface area contributed by atoms with Crippen LogP contribution >= 0.6 is 23.4 Å². The molecule has 0 aliphatic carbocycles. The molecule has 3 amide bonds. The number of thioether (sulfide) groups is 1. The van der Waals surface area contributed by atoms with Crippen molar-refractivity contribution in [3.63, 3.8) is 0 Å². The van der Waals surface area contributed by atoms with Gasteiger partial charge in [-0.2, -0.15) is 0 Å². The van der Waals surface area contributed by atoms with E-state index in [0.29, 0.717) is 10.5 Å². The van der Waals surface area contributed by atoms with Crippen LogP contribution < -0.4 is 16.1 Å². The van der Waals surface area contributed by atoms with Gasteiger partial charge in [0, 0.05) is 40.9 Å². The number of amides is 3. The van der Waals surface area contributed by atoms with Crippen LogP contribution in [-0.4, -0.2) is 73.1 Å². The van der Waals surface area contributed by atoms with E-state index in [2.05, 4.69) is 10.6 Å². The van der Waals surface area contributed by atoms with E-state index in [1.54, 1.807) is 6.07 Å². The fraction of sp³-hybridized carbons (Fsp3) is 0.312. The SMILES string of the molecule is CC(=O)OCC1=C(C(=O)O)N2C(=O)C(NC(=O)C(NC(=O)c3cn4c5c(cc(Cl)cc5c3=O)CCC4C)c3ccc(O)cc3)C2SC1. The molecule has 47 heavy (non-hydrogen) atoms. The molecule has 6 rings (SSSR count). The fourth-order valence-corrected chi connectivity index (χ4v) is 7.71. The minimum absolute atomic E-state index is 0.0191. The number of nitrogens with zero attached hydrogens (tertiary/aromatic N) is 2. The molecule has 0 bridgehead atoms. The van der Waals surface area contributed by atoms with Crippen LogP contribution in [0.15, 0.2) is 58.7 Å². The van der Waals surface area contributed by atoms with Crippen LogP contribution in [0.5, 0.6) is 5.75 Å². The number of aromatic hydroxyl groups is 1. The van der Waals surface area contributed by atoms with Crippen molar-refractivity contribution in [1.82, 2.24) is 20.1 Å². The van der Waals surface area contributed by atoms with Crippen molar-refractivity contribution >= 4 is 63.9 Å². The summed E-state index contributed by atoms with van der Waals surface area (Å²) in [6, 6.07) is 6.25. The van der Waals surface area contributed by atoms with Gasteiger partial charge < -0.3 is 30.2 Å². The van der Waals surface area contributed by atoms with E-state index >= 15 is 0 Å². The number of rotatable bonds is 8. The zero-order valence-electron chi connectivity index (χ0n) is 25.1. The number of ether oxygens (including phenoxy) is 1. The molecule has 4 atom stereocenters. The van der Waals surface area contributed by atoms with E-state index in [4.69, 9.17) is 16.3 Å². The maximum atomic E-state index is 13.8. The van der Waals surface area contributed by atoms with Crippen LogP contribution in [0.25, 0.3) is 10.9 Å². The number of pyridine rings is 1. The lowest BCUT2D eigenvalue weighted by molar-refractivity contribution is -0.151. The molecule has 244 valence electrons. The first kappa shape index (κ1) is 32.1. The Balaban J connectivity index is 1.29. The van der Waals surface area contributed by atoms with Crippen LogP contribution in [0.2, 0.25) is 5.02 Å². The summed E-state index contributed by atoms with van der Waals surface area (Å²) in [5, 5.41) is 24.8. The molecule has 4 unspecified atom stereocenters. The van der Waals surface area contributed by atoms with Gasteiger partial charge in [-0.15, -0.1) is 11.8 Å². The van der Waals surface area contributed by atoms with Gasteiger partial charge >= 0.3 is 11.9 Å². The number of benzene rings is 2. The van der Waals surface area contributed by atoms with Gasteiger partial charge in [-0.3, -0.25) is 28.9 Å². The van der Waals surface area contributed by atoms with Gasteiger partial charge in [-0.25, -0.2) is 4.79 Å². The number of hydrogen-bond donors (Lipinski definition) is 4. The lowest BCUT2D eigenvalue weighted by atomic mass is 9.96. The van der Waals surface area contributed by atoms with E-state index in [1.165, 1.54) is 55.2 Å². The van der Waals surface area contributed by atoms with Gasteiger partial charge in [0.2, 0.25) is 11.3 Å². The quantitative estimate of drug-likeness (QED) is 0.204.